The van der Waals surface area contributed by atoms with Crippen molar-refractivity contribution in [2.75, 3.05) is 0 Å². The molecule has 4 saturated carbocycles. The van der Waals surface area contributed by atoms with Gasteiger partial charge in [0.05, 0.1) is 11.2 Å². The third-order valence-electron chi connectivity index (χ3n) is 12.0. The molecule has 4 aliphatic rings. The molecule has 186 valence electrons. The molecule has 0 aromatic rings. The number of fused-ring (bicyclic) bond motifs is 5. The zero-order chi connectivity index (χ0) is 23.4. The van der Waals surface area contributed by atoms with Crippen LogP contribution in [-0.2, 0) is 0 Å². The normalized spacial score (nSPS) is 47.4. The highest BCUT2D eigenvalue weighted by Crippen LogP contribution is 2.69. The van der Waals surface area contributed by atoms with Crippen molar-refractivity contribution < 1.29 is 10.2 Å². The second kappa shape index (κ2) is 8.85. The van der Waals surface area contributed by atoms with E-state index in [1.165, 1.54) is 64.2 Å². The predicted molar refractivity (Wildman–Crippen MR) is 134 cm³/mol. The minimum atomic E-state index is -0.517. The molecule has 8 unspecified atom stereocenters. The summed E-state index contributed by atoms with van der Waals surface area (Å²) in [5.74, 6) is 5.23. The van der Waals surface area contributed by atoms with Gasteiger partial charge in [-0.15, -0.1) is 0 Å². The first-order valence-corrected chi connectivity index (χ1v) is 14.4. The van der Waals surface area contributed by atoms with Crippen molar-refractivity contribution in [2.45, 2.75) is 143 Å². The highest BCUT2D eigenvalue weighted by molar-refractivity contribution is 5.11. The van der Waals surface area contributed by atoms with Crippen LogP contribution in [0.4, 0.5) is 0 Å². The number of hydrogen-bond donors (Lipinski definition) is 2. The summed E-state index contributed by atoms with van der Waals surface area (Å²) in [6, 6.07) is 0. The van der Waals surface area contributed by atoms with Gasteiger partial charge in [0, 0.05) is 0 Å². The Morgan fingerprint density at radius 2 is 1.62 bits per heavy atom. The standard InChI is InChI=1S/C30H54O2/c1-7-21(10-9-16-27(3,4)31)24-13-14-25-23-12-11-22-20-30(32,8-2)19-18-28(22,5)26(23)15-17-29(24,25)6/h21-26,31-32H,7-20H2,1-6H3/t21-,22?,23?,24?,25?,26?,28?,29?,30?/m0/s1. The smallest absolute Gasteiger partial charge is 0.0648 e. The van der Waals surface area contributed by atoms with E-state index in [9.17, 15) is 10.2 Å². The second-order valence-electron chi connectivity index (χ2n) is 14.0. The minimum absolute atomic E-state index is 0.379. The Labute approximate surface area is 199 Å². The molecule has 0 heterocycles. The maximum Gasteiger partial charge on any atom is 0.0648 e. The van der Waals surface area contributed by atoms with Gasteiger partial charge in [0.15, 0.2) is 0 Å². The van der Waals surface area contributed by atoms with E-state index in [2.05, 4.69) is 27.7 Å². The largest absolute Gasteiger partial charge is 0.390 e. The molecule has 32 heavy (non-hydrogen) atoms. The molecule has 9 atom stereocenters. The molecule has 4 rings (SSSR count). The fraction of sp³-hybridized carbons (Fsp3) is 1.00. The summed E-state index contributed by atoms with van der Waals surface area (Å²) in [7, 11) is 0. The van der Waals surface area contributed by atoms with Crippen LogP contribution in [0.3, 0.4) is 0 Å². The van der Waals surface area contributed by atoms with Gasteiger partial charge in [-0.25, -0.2) is 0 Å². The molecule has 0 bridgehead atoms. The molecule has 2 nitrogen and oxygen atoms in total. The zero-order valence-corrected chi connectivity index (χ0v) is 22.3. The Morgan fingerprint density at radius 1 is 0.906 bits per heavy atom. The maximum absolute atomic E-state index is 11.0. The summed E-state index contributed by atoms with van der Waals surface area (Å²) in [6.07, 6.45) is 17.6. The first-order chi connectivity index (χ1) is 15.0. The first kappa shape index (κ1) is 25.0. The average molecular weight is 447 g/mol. The summed E-state index contributed by atoms with van der Waals surface area (Å²) in [4.78, 5) is 0. The fourth-order valence-corrected chi connectivity index (χ4v) is 9.95. The summed E-state index contributed by atoms with van der Waals surface area (Å²) in [6.45, 7) is 13.8. The molecular weight excluding hydrogens is 392 g/mol. The van der Waals surface area contributed by atoms with Gasteiger partial charge >= 0.3 is 0 Å². The van der Waals surface area contributed by atoms with E-state index in [1.54, 1.807) is 0 Å². The van der Waals surface area contributed by atoms with Crippen molar-refractivity contribution in [3.8, 4) is 0 Å². The van der Waals surface area contributed by atoms with Crippen LogP contribution < -0.4 is 0 Å². The van der Waals surface area contributed by atoms with E-state index in [1.807, 2.05) is 13.8 Å². The van der Waals surface area contributed by atoms with Crippen molar-refractivity contribution in [3.63, 3.8) is 0 Å². The highest BCUT2D eigenvalue weighted by Gasteiger charge is 2.61. The minimum Gasteiger partial charge on any atom is -0.390 e. The molecule has 0 aromatic carbocycles. The van der Waals surface area contributed by atoms with Crippen molar-refractivity contribution in [1.29, 1.82) is 0 Å². The Bertz CT molecular complexity index is 652. The van der Waals surface area contributed by atoms with Crippen molar-refractivity contribution >= 4 is 0 Å². The monoisotopic (exact) mass is 446 g/mol. The second-order valence-corrected chi connectivity index (χ2v) is 14.0. The van der Waals surface area contributed by atoms with E-state index in [4.69, 9.17) is 0 Å². The molecule has 4 fully saturated rings. The topological polar surface area (TPSA) is 40.5 Å². The van der Waals surface area contributed by atoms with Crippen LogP contribution in [0, 0.1) is 46.3 Å². The van der Waals surface area contributed by atoms with E-state index >= 15 is 0 Å². The average Bonchev–Trinajstić information content (AvgIpc) is 3.08. The molecule has 0 aliphatic heterocycles. The van der Waals surface area contributed by atoms with Gasteiger partial charge in [0.1, 0.15) is 0 Å². The summed E-state index contributed by atoms with van der Waals surface area (Å²) in [5.41, 5.74) is 0.117. The number of rotatable bonds is 7. The van der Waals surface area contributed by atoms with Gasteiger partial charge in [-0.1, -0.05) is 47.0 Å². The fourth-order valence-electron chi connectivity index (χ4n) is 9.95. The Morgan fingerprint density at radius 3 is 2.28 bits per heavy atom. The lowest BCUT2D eigenvalue weighted by Crippen LogP contribution is -2.56. The quantitative estimate of drug-likeness (QED) is 0.419. The van der Waals surface area contributed by atoms with E-state index in [-0.39, 0.29) is 5.60 Å². The van der Waals surface area contributed by atoms with Gasteiger partial charge in [-0.05, 0) is 131 Å². The molecule has 0 saturated heterocycles. The van der Waals surface area contributed by atoms with Crippen molar-refractivity contribution in [2.24, 2.45) is 46.3 Å². The van der Waals surface area contributed by atoms with Crippen molar-refractivity contribution in [1.82, 2.24) is 0 Å². The summed E-state index contributed by atoms with van der Waals surface area (Å²) in [5, 5.41) is 21.2. The molecule has 2 heteroatoms. The lowest BCUT2D eigenvalue weighted by atomic mass is 9.43. The highest BCUT2D eigenvalue weighted by atomic mass is 16.3. The van der Waals surface area contributed by atoms with E-state index in [0.29, 0.717) is 10.8 Å². The van der Waals surface area contributed by atoms with Gasteiger partial charge in [0.25, 0.3) is 0 Å². The molecule has 4 aliphatic carbocycles. The molecule has 2 N–H and O–H groups in total. The summed E-state index contributed by atoms with van der Waals surface area (Å²) >= 11 is 0. The van der Waals surface area contributed by atoms with Crippen molar-refractivity contribution in [3.05, 3.63) is 0 Å². The Kier molecular flexibility index (Phi) is 6.92. The van der Waals surface area contributed by atoms with Crippen LogP contribution in [-0.4, -0.2) is 21.4 Å². The lowest BCUT2D eigenvalue weighted by Gasteiger charge is -2.62. The SMILES string of the molecule is CC[C@@H](CCCC(C)(C)O)C1CCC2C3CCC4CC(O)(CC)CCC4(C)C3CCC21C. The molecule has 0 radical (unpaired) electrons. The molecule has 0 aromatic heterocycles. The van der Waals surface area contributed by atoms with Gasteiger partial charge in [-0.2, -0.15) is 0 Å². The van der Waals surface area contributed by atoms with Crippen LogP contribution >= 0.6 is 0 Å². The van der Waals surface area contributed by atoms with Gasteiger partial charge in [0.2, 0.25) is 0 Å². The third-order valence-corrected chi connectivity index (χ3v) is 12.0. The zero-order valence-electron chi connectivity index (χ0n) is 22.3. The summed E-state index contributed by atoms with van der Waals surface area (Å²) < 4.78 is 0. The predicted octanol–water partition coefficient (Wildman–Crippen LogP) is 7.75. The Balaban J connectivity index is 1.47. The lowest BCUT2D eigenvalue weighted by molar-refractivity contribution is -0.153. The molecular formula is C30H54O2. The van der Waals surface area contributed by atoms with Crippen LogP contribution in [0.15, 0.2) is 0 Å². The van der Waals surface area contributed by atoms with Gasteiger partial charge < -0.3 is 10.2 Å². The number of hydrogen-bond acceptors (Lipinski definition) is 2. The molecule has 0 amide bonds. The van der Waals surface area contributed by atoms with E-state index in [0.717, 1.165) is 61.2 Å². The Hall–Kier alpha value is -0.0800. The first-order valence-electron chi connectivity index (χ1n) is 14.4. The third kappa shape index (κ3) is 4.34. The van der Waals surface area contributed by atoms with Gasteiger partial charge in [-0.3, -0.25) is 0 Å². The van der Waals surface area contributed by atoms with Crippen LogP contribution in [0.5, 0.6) is 0 Å². The van der Waals surface area contributed by atoms with Crippen LogP contribution in [0.1, 0.15) is 131 Å². The molecule has 0 spiro atoms. The maximum atomic E-state index is 11.0. The van der Waals surface area contributed by atoms with E-state index < -0.39 is 5.60 Å². The van der Waals surface area contributed by atoms with Crippen LogP contribution in [0.25, 0.3) is 0 Å². The van der Waals surface area contributed by atoms with Crippen LogP contribution in [0.2, 0.25) is 0 Å². The number of aliphatic hydroxyl groups is 2.